The largest absolute Gasteiger partial charge is 0.356 e. The molecular weight excluding hydrogens is 429 g/mol. The van der Waals surface area contributed by atoms with Gasteiger partial charge in [-0.1, -0.05) is 17.7 Å². The van der Waals surface area contributed by atoms with E-state index >= 15 is 0 Å². The number of carbonyl (C=O) groups excluding carboxylic acids is 1. The number of halogens is 2. The molecule has 0 radical (unpaired) electrons. The van der Waals surface area contributed by atoms with E-state index in [2.05, 4.69) is 25.9 Å². The van der Waals surface area contributed by atoms with Crippen molar-refractivity contribution in [2.75, 3.05) is 20.1 Å². The summed E-state index contributed by atoms with van der Waals surface area (Å²) in [5, 5.41) is 9.64. The number of aliphatic imine (C=N–C) groups is 1. The minimum absolute atomic E-state index is 0. The van der Waals surface area contributed by atoms with Crippen molar-refractivity contribution in [1.82, 2.24) is 20.9 Å². The molecule has 0 bridgehead atoms. The highest BCUT2D eigenvalue weighted by atomic mass is 127. The van der Waals surface area contributed by atoms with Gasteiger partial charge in [-0.3, -0.25) is 9.79 Å². The lowest BCUT2D eigenvalue weighted by Crippen LogP contribution is -2.40. The van der Waals surface area contributed by atoms with Crippen LogP contribution in [0.5, 0.6) is 0 Å². The van der Waals surface area contributed by atoms with Crippen molar-refractivity contribution in [1.29, 1.82) is 0 Å². The number of amides is 1. The molecule has 0 aliphatic heterocycles. The van der Waals surface area contributed by atoms with Crippen LogP contribution in [0.1, 0.15) is 25.8 Å². The van der Waals surface area contributed by atoms with Gasteiger partial charge < -0.3 is 16.0 Å². The first-order chi connectivity index (χ1) is 10.5. The van der Waals surface area contributed by atoms with E-state index in [0.29, 0.717) is 24.1 Å². The molecule has 130 valence electrons. The van der Waals surface area contributed by atoms with Crippen LogP contribution < -0.4 is 16.0 Å². The molecule has 0 fully saturated rings. The van der Waals surface area contributed by atoms with Gasteiger partial charge >= 0.3 is 0 Å². The molecule has 3 N–H and O–H groups in total. The van der Waals surface area contributed by atoms with Crippen molar-refractivity contribution in [3.05, 3.63) is 29.0 Å². The Bertz CT molecular complexity index is 493. The summed E-state index contributed by atoms with van der Waals surface area (Å²) in [4.78, 5) is 19.7. The summed E-state index contributed by atoms with van der Waals surface area (Å²) in [5.41, 5.74) is 1.10. The van der Waals surface area contributed by atoms with Crippen LogP contribution in [0.15, 0.2) is 23.3 Å². The van der Waals surface area contributed by atoms with E-state index in [-0.39, 0.29) is 35.9 Å². The zero-order valence-corrected chi connectivity index (χ0v) is 16.8. The minimum atomic E-state index is 0. The number of aromatic nitrogens is 1. The van der Waals surface area contributed by atoms with E-state index in [1.807, 2.05) is 19.9 Å². The van der Waals surface area contributed by atoms with E-state index in [9.17, 15) is 4.79 Å². The van der Waals surface area contributed by atoms with Crippen molar-refractivity contribution >= 4 is 47.4 Å². The Morgan fingerprint density at radius 3 is 2.57 bits per heavy atom. The summed E-state index contributed by atoms with van der Waals surface area (Å²) < 4.78 is 0. The van der Waals surface area contributed by atoms with Crippen LogP contribution in [0.2, 0.25) is 5.15 Å². The van der Waals surface area contributed by atoms with Gasteiger partial charge in [0.1, 0.15) is 5.15 Å². The fourth-order valence-corrected chi connectivity index (χ4v) is 1.90. The van der Waals surface area contributed by atoms with Crippen LogP contribution in [0, 0.1) is 0 Å². The lowest BCUT2D eigenvalue weighted by atomic mass is 10.2. The van der Waals surface area contributed by atoms with Crippen LogP contribution in [-0.4, -0.2) is 43.0 Å². The molecule has 1 aromatic rings. The number of nitrogens with one attached hydrogen (secondary N) is 3. The third-order valence-corrected chi connectivity index (χ3v) is 3.04. The SMILES string of the molecule is CN=C(NCCC(=O)NC(C)C)NCCc1ccc(Cl)nc1.I. The predicted octanol–water partition coefficient (Wildman–Crippen LogP) is 1.98. The molecule has 0 spiro atoms. The molecule has 6 nitrogen and oxygen atoms in total. The highest BCUT2D eigenvalue weighted by Gasteiger charge is 2.04. The number of hydrogen-bond acceptors (Lipinski definition) is 3. The second-order valence-corrected chi connectivity index (χ2v) is 5.52. The topological polar surface area (TPSA) is 78.4 Å². The molecule has 1 amide bonds. The number of nitrogens with zero attached hydrogens (tertiary/aromatic N) is 2. The highest BCUT2D eigenvalue weighted by molar-refractivity contribution is 14.0. The van der Waals surface area contributed by atoms with Gasteiger partial charge in [-0.2, -0.15) is 0 Å². The molecule has 0 aromatic carbocycles. The number of guanidine groups is 1. The Morgan fingerprint density at radius 2 is 2.00 bits per heavy atom. The summed E-state index contributed by atoms with van der Waals surface area (Å²) in [6.07, 6.45) is 3.00. The maximum atomic E-state index is 11.5. The lowest BCUT2D eigenvalue weighted by Gasteiger charge is -2.12. The fourth-order valence-electron chi connectivity index (χ4n) is 1.79. The summed E-state index contributed by atoms with van der Waals surface area (Å²) in [5.74, 6) is 0.712. The second kappa shape index (κ2) is 12.3. The third kappa shape index (κ3) is 10.3. The van der Waals surface area contributed by atoms with Gasteiger partial charge in [0.15, 0.2) is 5.96 Å². The molecule has 1 heterocycles. The Morgan fingerprint density at radius 1 is 1.30 bits per heavy atom. The molecule has 8 heteroatoms. The van der Waals surface area contributed by atoms with Crippen molar-refractivity contribution in [3.63, 3.8) is 0 Å². The number of pyridine rings is 1. The molecule has 0 saturated heterocycles. The summed E-state index contributed by atoms with van der Waals surface area (Å²) >= 11 is 5.74. The Balaban J connectivity index is 0.00000484. The van der Waals surface area contributed by atoms with Crippen LogP contribution in [-0.2, 0) is 11.2 Å². The molecular formula is C15H25ClIN5O. The Labute approximate surface area is 159 Å². The third-order valence-electron chi connectivity index (χ3n) is 2.81. The van der Waals surface area contributed by atoms with Gasteiger partial charge in [0, 0.05) is 38.8 Å². The van der Waals surface area contributed by atoms with E-state index in [1.54, 1.807) is 19.3 Å². The van der Waals surface area contributed by atoms with E-state index in [1.165, 1.54) is 0 Å². The van der Waals surface area contributed by atoms with Crippen LogP contribution in [0.25, 0.3) is 0 Å². The Hall–Kier alpha value is -1.09. The summed E-state index contributed by atoms with van der Waals surface area (Å²) in [6, 6.07) is 3.89. The average molecular weight is 454 g/mol. The van der Waals surface area contributed by atoms with Gasteiger partial charge in [-0.25, -0.2) is 4.98 Å². The monoisotopic (exact) mass is 453 g/mol. The van der Waals surface area contributed by atoms with Crippen LogP contribution in [0.4, 0.5) is 0 Å². The zero-order valence-electron chi connectivity index (χ0n) is 13.7. The molecule has 23 heavy (non-hydrogen) atoms. The average Bonchev–Trinajstić information content (AvgIpc) is 2.47. The molecule has 0 atom stereocenters. The van der Waals surface area contributed by atoms with E-state index in [0.717, 1.165) is 18.5 Å². The van der Waals surface area contributed by atoms with Crippen molar-refractivity contribution in [2.45, 2.75) is 32.7 Å². The first kappa shape index (κ1) is 21.9. The Kier molecular flexibility index (Phi) is 11.8. The molecule has 0 unspecified atom stereocenters. The van der Waals surface area contributed by atoms with Gasteiger partial charge in [0.25, 0.3) is 0 Å². The van der Waals surface area contributed by atoms with Gasteiger partial charge in [-0.15, -0.1) is 24.0 Å². The van der Waals surface area contributed by atoms with Gasteiger partial charge in [0.05, 0.1) is 0 Å². The fraction of sp³-hybridized carbons (Fsp3) is 0.533. The normalized spacial score (nSPS) is 10.9. The quantitative estimate of drug-likeness (QED) is 0.255. The molecule has 1 rings (SSSR count). The second-order valence-electron chi connectivity index (χ2n) is 5.14. The highest BCUT2D eigenvalue weighted by Crippen LogP contribution is 2.05. The minimum Gasteiger partial charge on any atom is -0.356 e. The van der Waals surface area contributed by atoms with Gasteiger partial charge in [-0.05, 0) is 31.9 Å². The molecule has 0 saturated carbocycles. The van der Waals surface area contributed by atoms with E-state index < -0.39 is 0 Å². The van der Waals surface area contributed by atoms with Crippen molar-refractivity contribution in [3.8, 4) is 0 Å². The zero-order chi connectivity index (χ0) is 16.4. The smallest absolute Gasteiger partial charge is 0.221 e. The van der Waals surface area contributed by atoms with Crippen LogP contribution >= 0.6 is 35.6 Å². The van der Waals surface area contributed by atoms with Crippen molar-refractivity contribution in [2.24, 2.45) is 4.99 Å². The molecule has 0 aliphatic carbocycles. The maximum absolute atomic E-state index is 11.5. The van der Waals surface area contributed by atoms with Crippen LogP contribution in [0.3, 0.4) is 0 Å². The standard InChI is InChI=1S/C15H24ClN5O.HI/c1-11(2)21-14(22)7-9-19-15(17-3)18-8-6-12-4-5-13(16)20-10-12;/h4-5,10-11H,6-9H2,1-3H3,(H,21,22)(H2,17,18,19);1H. The van der Waals surface area contributed by atoms with E-state index in [4.69, 9.17) is 11.6 Å². The molecule has 0 aliphatic rings. The summed E-state index contributed by atoms with van der Waals surface area (Å²) in [7, 11) is 1.70. The lowest BCUT2D eigenvalue weighted by molar-refractivity contribution is -0.121. The number of rotatable bonds is 7. The first-order valence-corrected chi connectivity index (χ1v) is 7.73. The summed E-state index contributed by atoms with van der Waals surface area (Å²) in [6.45, 7) is 5.15. The maximum Gasteiger partial charge on any atom is 0.221 e. The van der Waals surface area contributed by atoms with Gasteiger partial charge in [0.2, 0.25) is 5.91 Å². The number of hydrogen-bond donors (Lipinski definition) is 3. The number of carbonyl (C=O) groups is 1. The molecule has 1 aromatic heterocycles. The van der Waals surface area contributed by atoms with Crippen molar-refractivity contribution < 1.29 is 4.79 Å². The predicted molar refractivity (Wildman–Crippen MR) is 106 cm³/mol. The first-order valence-electron chi connectivity index (χ1n) is 7.35.